The van der Waals surface area contributed by atoms with Gasteiger partial charge in [0.05, 0.1) is 11.1 Å². The molecule has 9 heteroatoms. The minimum absolute atomic E-state index is 0.134. The molecule has 0 radical (unpaired) electrons. The summed E-state index contributed by atoms with van der Waals surface area (Å²) in [5, 5.41) is 2.97. The Balaban J connectivity index is 1.46. The Morgan fingerprint density at radius 3 is 2.15 bits per heavy atom. The van der Waals surface area contributed by atoms with Crippen LogP contribution in [-0.4, -0.2) is 34.3 Å². The van der Waals surface area contributed by atoms with Gasteiger partial charge in [-0.25, -0.2) is 4.39 Å². The summed E-state index contributed by atoms with van der Waals surface area (Å²) in [6.07, 6.45) is 0. The Kier molecular flexibility index (Phi) is 5.41. The van der Waals surface area contributed by atoms with E-state index in [1.54, 1.807) is 36.4 Å². The standard InChI is InChI=1S/C18H15FN4O3S/c19-12-7-5-11(6-8-12)9-20-18(27)22-21-15(24)10-23-16(25)13-3-1-2-4-14(13)17(23)26/h1-8H,9-10H2,(H,21,24)(H2,20,22,27). The molecule has 1 heterocycles. The van der Waals surface area contributed by atoms with Gasteiger partial charge in [0.2, 0.25) is 0 Å². The molecule has 2 aromatic carbocycles. The van der Waals surface area contributed by atoms with Crippen LogP contribution in [0.1, 0.15) is 26.3 Å². The van der Waals surface area contributed by atoms with Crippen molar-refractivity contribution in [3.05, 3.63) is 71.0 Å². The molecule has 3 rings (SSSR count). The van der Waals surface area contributed by atoms with Gasteiger partial charge in [-0.1, -0.05) is 24.3 Å². The fourth-order valence-corrected chi connectivity index (χ4v) is 2.64. The Morgan fingerprint density at radius 2 is 1.56 bits per heavy atom. The van der Waals surface area contributed by atoms with E-state index in [1.165, 1.54) is 12.1 Å². The molecule has 0 unspecified atom stereocenters. The SMILES string of the molecule is O=C(CN1C(=O)c2ccccc2C1=O)NNC(=S)NCc1ccc(F)cc1. The number of nitrogens with one attached hydrogen (secondary N) is 3. The van der Waals surface area contributed by atoms with Crippen LogP contribution in [-0.2, 0) is 11.3 Å². The number of hydrogen-bond donors (Lipinski definition) is 3. The number of hydrogen-bond acceptors (Lipinski definition) is 4. The van der Waals surface area contributed by atoms with Crippen LogP contribution in [0.15, 0.2) is 48.5 Å². The van der Waals surface area contributed by atoms with Crippen molar-refractivity contribution in [3.8, 4) is 0 Å². The van der Waals surface area contributed by atoms with Gasteiger partial charge in [0.15, 0.2) is 5.11 Å². The first-order valence-corrected chi connectivity index (χ1v) is 8.39. The Labute approximate surface area is 159 Å². The van der Waals surface area contributed by atoms with E-state index in [9.17, 15) is 18.8 Å². The van der Waals surface area contributed by atoms with E-state index in [2.05, 4.69) is 16.2 Å². The third-order valence-corrected chi connectivity index (χ3v) is 4.11. The third kappa shape index (κ3) is 4.26. The van der Waals surface area contributed by atoms with Gasteiger partial charge in [-0.05, 0) is 42.0 Å². The molecule has 27 heavy (non-hydrogen) atoms. The van der Waals surface area contributed by atoms with Crippen LogP contribution in [0.3, 0.4) is 0 Å². The van der Waals surface area contributed by atoms with Crippen LogP contribution in [0.4, 0.5) is 4.39 Å². The highest BCUT2D eigenvalue weighted by Gasteiger charge is 2.36. The molecule has 0 spiro atoms. The topological polar surface area (TPSA) is 90.5 Å². The van der Waals surface area contributed by atoms with Crippen molar-refractivity contribution in [2.75, 3.05) is 6.54 Å². The van der Waals surface area contributed by atoms with Crippen molar-refractivity contribution in [2.24, 2.45) is 0 Å². The zero-order valence-corrected chi connectivity index (χ0v) is 14.8. The first-order chi connectivity index (χ1) is 13.0. The molecule has 7 nitrogen and oxygen atoms in total. The van der Waals surface area contributed by atoms with E-state index in [-0.39, 0.29) is 22.1 Å². The molecule has 1 aliphatic heterocycles. The molecule has 3 N–H and O–H groups in total. The Hall–Kier alpha value is -3.33. The first-order valence-electron chi connectivity index (χ1n) is 7.98. The minimum Gasteiger partial charge on any atom is -0.357 e. The predicted octanol–water partition coefficient (Wildman–Crippen LogP) is 1.12. The number of amides is 3. The first kappa shape index (κ1) is 18.5. The van der Waals surface area contributed by atoms with Gasteiger partial charge in [0.1, 0.15) is 12.4 Å². The summed E-state index contributed by atoms with van der Waals surface area (Å²) in [5.74, 6) is -1.96. The predicted molar refractivity (Wildman–Crippen MR) is 98.9 cm³/mol. The maximum absolute atomic E-state index is 12.8. The van der Waals surface area contributed by atoms with Crippen molar-refractivity contribution in [2.45, 2.75) is 6.54 Å². The zero-order chi connectivity index (χ0) is 19.4. The summed E-state index contributed by atoms with van der Waals surface area (Å²) in [4.78, 5) is 37.3. The summed E-state index contributed by atoms with van der Waals surface area (Å²) < 4.78 is 12.8. The zero-order valence-electron chi connectivity index (χ0n) is 14.0. The van der Waals surface area contributed by atoms with Gasteiger partial charge in [0.25, 0.3) is 17.7 Å². The summed E-state index contributed by atoms with van der Waals surface area (Å²) in [7, 11) is 0. The highest BCUT2D eigenvalue weighted by atomic mass is 32.1. The lowest BCUT2D eigenvalue weighted by Gasteiger charge is -2.15. The van der Waals surface area contributed by atoms with Crippen LogP contribution < -0.4 is 16.2 Å². The second-order valence-electron chi connectivity index (χ2n) is 5.72. The van der Waals surface area contributed by atoms with Crippen LogP contribution in [0.25, 0.3) is 0 Å². The number of hydrazine groups is 1. The molecule has 0 fully saturated rings. The van der Waals surface area contributed by atoms with Gasteiger partial charge in [-0.3, -0.25) is 30.1 Å². The summed E-state index contributed by atoms with van der Waals surface area (Å²) >= 11 is 5.02. The smallest absolute Gasteiger partial charge is 0.262 e. The number of fused-ring (bicyclic) bond motifs is 1. The van der Waals surface area contributed by atoms with Crippen molar-refractivity contribution in [3.63, 3.8) is 0 Å². The number of halogens is 1. The molecule has 0 saturated heterocycles. The number of rotatable bonds is 4. The van der Waals surface area contributed by atoms with E-state index in [4.69, 9.17) is 12.2 Å². The highest BCUT2D eigenvalue weighted by Crippen LogP contribution is 2.21. The molecule has 3 amide bonds. The van der Waals surface area contributed by atoms with Crippen LogP contribution in [0.5, 0.6) is 0 Å². The second-order valence-corrected chi connectivity index (χ2v) is 6.13. The lowest BCUT2D eigenvalue weighted by Crippen LogP contribution is -2.50. The van der Waals surface area contributed by atoms with Gasteiger partial charge >= 0.3 is 0 Å². The summed E-state index contributed by atoms with van der Waals surface area (Å²) in [6.45, 7) is -0.0969. The van der Waals surface area contributed by atoms with Crippen molar-refractivity contribution in [1.29, 1.82) is 0 Å². The Bertz CT molecular complexity index is 882. The molecule has 0 aromatic heterocycles. The lowest BCUT2D eigenvalue weighted by atomic mass is 10.1. The fraction of sp³-hybridized carbons (Fsp3) is 0.111. The van der Waals surface area contributed by atoms with Gasteiger partial charge in [0, 0.05) is 6.54 Å². The monoisotopic (exact) mass is 386 g/mol. The summed E-state index contributed by atoms with van der Waals surface area (Å²) in [5.41, 5.74) is 6.17. The third-order valence-electron chi connectivity index (χ3n) is 3.86. The number of benzene rings is 2. The molecule has 2 aromatic rings. The normalized spacial score (nSPS) is 12.6. The van der Waals surface area contributed by atoms with E-state index < -0.39 is 24.3 Å². The number of imide groups is 1. The van der Waals surface area contributed by atoms with Crippen LogP contribution in [0, 0.1) is 5.82 Å². The molecule has 1 aliphatic rings. The molecule has 138 valence electrons. The highest BCUT2D eigenvalue weighted by molar-refractivity contribution is 7.80. The van der Waals surface area contributed by atoms with E-state index in [0.29, 0.717) is 6.54 Å². The van der Waals surface area contributed by atoms with Crippen LogP contribution in [0.2, 0.25) is 0 Å². The summed E-state index contributed by atoms with van der Waals surface area (Å²) in [6, 6.07) is 12.3. The Morgan fingerprint density at radius 1 is 0.963 bits per heavy atom. The van der Waals surface area contributed by atoms with E-state index >= 15 is 0 Å². The lowest BCUT2D eigenvalue weighted by molar-refractivity contribution is -0.122. The molecular weight excluding hydrogens is 371 g/mol. The van der Waals surface area contributed by atoms with Gasteiger partial charge < -0.3 is 5.32 Å². The second kappa shape index (κ2) is 7.92. The quantitative estimate of drug-likeness (QED) is 0.414. The van der Waals surface area contributed by atoms with Crippen molar-refractivity contribution < 1.29 is 18.8 Å². The number of nitrogens with zero attached hydrogens (tertiary/aromatic N) is 1. The molecule has 0 saturated carbocycles. The average Bonchev–Trinajstić information content (AvgIpc) is 2.91. The average molecular weight is 386 g/mol. The molecular formula is C18H15FN4O3S. The van der Waals surface area contributed by atoms with Crippen molar-refractivity contribution >= 4 is 35.1 Å². The number of carbonyl (C=O) groups excluding carboxylic acids is 3. The van der Waals surface area contributed by atoms with Gasteiger partial charge in [-0.15, -0.1) is 0 Å². The fourth-order valence-electron chi connectivity index (χ4n) is 2.52. The van der Waals surface area contributed by atoms with E-state index in [1.807, 2.05) is 0 Å². The van der Waals surface area contributed by atoms with Crippen molar-refractivity contribution in [1.82, 2.24) is 21.1 Å². The maximum atomic E-state index is 12.8. The van der Waals surface area contributed by atoms with Gasteiger partial charge in [-0.2, -0.15) is 0 Å². The largest absolute Gasteiger partial charge is 0.357 e. The van der Waals surface area contributed by atoms with Crippen LogP contribution >= 0.6 is 12.2 Å². The molecule has 0 aliphatic carbocycles. The van der Waals surface area contributed by atoms with E-state index in [0.717, 1.165) is 10.5 Å². The molecule has 0 bridgehead atoms. The number of carbonyl (C=O) groups is 3. The maximum Gasteiger partial charge on any atom is 0.262 e. The minimum atomic E-state index is -0.601. The molecule has 0 atom stereocenters. The number of thiocarbonyl (C=S) groups is 1.